The van der Waals surface area contributed by atoms with Crippen molar-refractivity contribution < 1.29 is 0 Å². The van der Waals surface area contributed by atoms with Crippen LogP contribution < -0.4 is 5.73 Å². The Morgan fingerprint density at radius 3 is 2.59 bits per heavy atom. The van der Waals surface area contributed by atoms with Crippen LogP contribution in [0.5, 0.6) is 0 Å². The fraction of sp³-hybridized carbons (Fsp3) is 0.385. The van der Waals surface area contributed by atoms with Gasteiger partial charge in [0.2, 0.25) is 0 Å². The van der Waals surface area contributed by atoms with Crippen molar-refractivity contribution in [2.45, 2.75) is 25.7 Å². The van der Waals surface area contributed by atoms with Crippen LogP contribution in [-0.2, 0) is 5.41 Å². The standard InChI is InChI=1S/C13H18N4/c1-3-13(2,9-14)12-15-11(16-17-12)10-7-5-4-6-8-10/h4-8H,3,9,14H2,1-2H3,(H,15,16,17). The Morgan fingerprint density at radius 1 is 1.29 bits per heavy atom. The Kier molecular flexibility index (Phi) is 3.24. The van der Waals surface area contributed by atoms with Crippen LogP contribution in [0.25, 0.3) is 11.4 Å². The summed E-state index contributed by atoms with van der Waals surface area (Å²) in [5.74, 6) is 1.59. The summed E-state index contributed by atoms with van der Waals surface area (Å²) in [4.78, 5) is 4.55. The molecule has 0 aliphatic rings. The minimum atomic E-state index is -0.125. The van der Waals surface area contributed by atoms with E-state index in [0.29, 0.717) is 6.54 Å². The lowest BCUT2D eigenvalue weighted by Gasteiger charge is -2.22. The van der Waals surface area contributed by atoms with Gasteiger partial charge >= 0.3 is 0 Å². The van der Waals surface area contributed by atoms with Crippen molar-refractivity contribution in [1.29, 1.82) is 0 Å². The third-order valence-electron chi connectivity index (χ3n) is 3.32. The molecule has 2 aromatic rings. The molecule has 0 bridgehead atoms. The fourth-order valence-corrected chi connectivity index (χ4v) is 1.66. The maximum atomic E-state index is 5.81. The SMILES string of the molecule is CCC(C)(CN)c1nc(-c2ccccc2)n[nH]1. The van der Waals surface area contributed by atoms with Crippen LogP contribution in [0.1, 0.15) is 26.1 Å². The highest BCUT2D eigenvalue weighted by atomic mass is 15.2. The molecule has 0 saturated heterocycles. The number of H-pyrrole nitrogens is 1. The second-order valence-electron chi connectivity index (χ2n) is 4.49. The summed E-state index contributed by atoms with van der Waals surface area (Å²) in [6.45, 7) is 4.77. The Morgan fingerprint density at radius 2 is 2.00 bits per heavy atom. The van der Waals surface area contributed by atoms with Gasteiger partial charge in [-0.15, -0.1) is 0 Å². The predicted molar refractivity (Wildman–Crippen MR) is 68.5 cm³/mol. The average Bonchev–Trinajstić information content (AvgIpc) is 2.89. The average molecular weight is 230 g/mol. The van der Waals surface area contributed by atoms with E-state index in [1.54, 1.807) is 0 Å². The highest BCUT2D eigenvalue weighted by Crippen LogP contribution is 2.24. The van der Waals surface area contributed by atoms with Gasteiger partial charge in [0.15, 0.2) is 5.82 Å². The summed E-state index contributed by atoms with van der Waals surface area (Å²) in [5, 5.41) is 7.26. The molecule has 1 aromatic heterocycles. The highest BCUT2D eigenvalue weighted by molar-refractivity contribution is 5.54. The third-order valence-corrected chi connectivity index (χ3v) is 3.32. The summed E-state index contributed by atoms with van der Waals surface area (Å²) < 4.78 is 0. The quantitative estimate of drug-likeness (QED) is 0.845. The van der Waals surface area contributed by atoms with Gasteiger partial charge in [-0.2, -0.15) is 5.10 Å². The lowest BCUT2D eigenvalue weighted by molar-refractivity contribution is 0.440. The minimum Gasteiger partial charge on any atom is -0.329 e. The first-order valence-electron chi connectivity index (χ1n) is 5.88. The first-order valence-corrected chi connectivity index (χ1v) is 5.88. The number of aromatic nitrogens is 3. The molecule has 0 aliphatic carbocycles. The van der Waals surface area contributed by atoms with E-state index in [0.717, 1.165) is 23.6 Å². The zero-order valence-corrected chi connectivity index (χ0v) is 10.3. The summed E-state index contributed by atoms with van der Waals surface area (Å²) in [5.41, 5.74) is 6.70. The first kappa shape index (κ1) is 11.8. The van der Waals surface area contributed by atoms with Crippen LogP contribution in [0.3, 0.4) is 0 Å². The van der Waals surface area contributed by atoms with Gasteiger partial charge < -0.3 is 5.73 Å². The van der Waals surface area contributed by atoms with Gasteiger partial charge in [0.1, 0.15) is 5.82 Å². The Balaban J connectivity index is 2.34. The molecule has 0 aliphatic heterocycles. The lowest BCUT2D eigenvalue weighted by Crippen LogP contribution is -2.32. The highest BCUT2D eigenvalue weighted by Gasteiger charge is 2.26. The smallest absolute Gasteiger partial charge is 0.181 e. The molecule has 0 spiro atoms. The van der Waals surface area contributed by atoms with Crippen molar-refractivity contribution in [2.24, 2.45) is 5.73 Å². The van der Waals surface area contributed by atoms with Crippen LogP contribution in [0, 0.1) is 0 Å². The fourth-order valence-electron chi connectivity index (χ4n) is 1.66. The zero-order valence-electron chi connectivity index (χ0n) is 10.3. The van der Waals surface area contributed by atoms with Crippen molar-refractivity contribution in [3.8, 4) is 11.4 Å². The van der Waals surface area contributed by atoms with Crippen molar-refractivity contribution in [2.75, 3.05) is 6.54 Å². The van der Waals surface area contributed by atoms with Crippen molar-refractivity contribution in [3.63, 3.8) is 0 Å². The van der Waals surface area contributed by atoms with E-state index in [1.807, 2.05) is 30.3 Å². The largest absolute Gasteiger partial charge is 0.329 e. The minimum absolute atomic E-state index is 0.125. The molecule has 0 fully saturated rings. The molecule has 1 aromatic carbocycles. The molecule has 2 rings (SSSR count). The van der Waals surface area contributed by atoms with Crippen molar-refractivity contribution >= 4 is 0 Å². The van der Waals surface area contributed by atoms with Gasteiger partial charge in [-0.3, -0.25) is 5.10 Å². The second-order valence-corrected chi connectivity index (χ2v) is 4.49. The summed E-state index contributed by atoms with van der Waals surface area (Å²) in [6.07, 6.45) is 0.937. The lowest BCUT2D eigenvalue weighted by atomic mass is 9.87. The molecule has 0 radical (unpaired) electrons. The number of rotatable bonds is 4. The van der Waals surface area contributed by atoms with E-state index in [4.69, 9.17) is 5.73 Å². The van der Waals surface area contributed by atoms with E-state index >= 15 is 0 Å². The topological polar surface area (TPSA) is 67.6 Å². The van der Waals surface area contributed by atoms with Gasteiger partial charge in [-0.05, 0) is 6.42 Å². The number of nitrogens with zero attached hydrogens (tertiary/aromatic N) is 2. The molecule has 3 N–H and O–H groups in total. The monoisotopic (exact) mass is 230 g/mol. The van der Waals surface area contributed by atoms with E-state index < -0.39 is 0 Å². The maximum absolute atomic E-state index is 5.81. The van der Waals surface area contributed by atoms with E-state index in [1.165, 1.54) is 0 Å². The van der Waals surface area contributed by atoms with Crippen LogP contribution in [0.4, 0.5) is 0 Å². The van der Waals surface area contributed by atoms with Gasteiger partial charge in [0, 0.05) is 17.5 Å². The number of benzene rings is 1. The number of nitrogens with two attached hydrogens (primary N) is 1. The van der Waals surface area contributed by atoms with Gasteiger partial charge in [-0.1, -0.05) is 44.2 Å². The van der Waals surface area contributed by atoms with Crippen molar-refractivity contribution in [3.05, 3.63) is 36.2 Å². The maximum Gasteiger partial charge on any atom is 0.181 e. The molecule has 4 nitrogen and oxygen atoms in total. The molecule has 4 heteroatoms. The van der Waals surface area contributed by atoms with Crippen LogP contribution in [-0.4, -0.2) is 21.7 Å². The number of hydrogen-bond acceptors (Lipinski definition) is 3. The molecular weight excluding hydrogens is 212 g/mol. The molecule has 0 saturated carbocycles. The van der Waals surface area contributed by atoms with Gasteiger partial charge in [0.25, 0.3) is 0 Å². The first-order chi connectivity index (χ1) is 8.19. The molecule has 1 heterocycles. The Labute approximate surface area is 101 Å². The molecule has 1 atom stereocenters. The molecule has 1 unspecified atom stereocenters. The molecular formula is C13H18N4. The van der Waals surface area contributed by atoms with Gasteiger partial charge in [0.05, 0.1) is 0 Å². The number of hydrogen-bond donors (Lipinski definition) is 2. The second kappa shape index (κ2) is 4.67. The van der Waals surface area contributed by atoms with E-state index in [2.05, 4.69) is 29.0 Å². The Bertz CT molecular complexity index is 471. The van der Waals surface area contributed by atoms with Crippen LogP contribution >= 0.6 is 0 Å². The Hall–Kier alpha value is -1.68. The number of aromatic amines is 1. The third kappa shape index (κ3) is 2.22. The predicted octanol–water partition coefficient (Wildman–Crippen LogP) is 2.10. The summed E-state index contributed by atoms with van der Waals surface area (Å²) in [6, 6.07) is 9.94. The number of nitrogens with one attached hydrogen (secondary N) is 1. The van der Waals surface area contributed by atoms with E-state index in [9.17, 15) is 0 Å². The normalized spacial score (nSPS) is 14.5. The van der Waals surface area contributed by atoms with Crippen LogP contribution in [0.15, 0.2) is 30.3 Å². The summed E-state index contributed by atoms with van der Waals surface area (Å²) >= 11 is 0. The summed E-state index contributed by atoms with van der Waals surface area (Å²) in [7, 11) is 0. The molecule has 0 amide bonds. The molecule has 90 valence electrons. The van der Waals surface area contributed by atoms with Gasteiger partial charge in [-0.25, -0.2) is 4.98 Å². The zero-order chi connectivity index (χ0) is 12.3. The van der Waals surface area contributed by atoms with Crippen molar-refractivity contribution in [1.82, 2.24) is 15.2 Å². The van der Waals surface area contributed by atoms with Crippen LogP contribution in [0.2, 0.25) is 0 Å². The van der Waals surface area contributed by atoms with E-state index in [-0.39, 0.29) is 5.41 Å². The molecule has 17 heavy (non-hydrogen) atoms.